The number of aliphatic hydroxyl groups is 2. The molecule has 0 aromatic rings. The van der Waals surface area contributed by atoms with Crippen molar-refractivity contribution in [3.63, 3.8) is 0 Å². The molecule has 0 aromatic heterocycles. The topological polar surface area (TPSA) is 102 Å². The molecule has 1 rings (SSSR count). The Bertz CT molecular complexity index is 478. The predicted molar refractivity (Wildman–Crippen MR) is 109 cm³/mol. The zero-order chi connectivity index (χ0) is 21.8. The third-order valence-corrected chi connectivity index (χ3v) is 5.08. The summed E-state index contributed by atoms with van der Waals surface area (Å²) >= 11 is 0. The molecule has 1 aliphatic heterocycles. The number of rotatable bonds is 14. The highest BCUT2D eigenvalue weighted by molar-refractivity contribution is 5.70. The molecule has 1 heterocycles. The molecule has 0 bridgehead atoms. The van der Waals surface area contributed by atoms with Gasteiger partial charge in [-0.3, -0.25) is 9.59 Å². The second kappa shape index (κ2) is 13.9. The van der Waals surface area contributed by atoms with Gasteiger partial charge in [0.15, 0.2) is 12.2 Å². The van der Waals surface area contributed by atoms with Gasteiger partial charge in [0.25, 0.3) is 0 Å². The minimum atomic E-state index is -1.00. The van der Waals surface area contributed by atoms with Crippen LogP contribution in [0.2, 0.25) is 0 Å². The highest BCUT2D eigenvalue weighted by Crippen LogP contribution is 2.24. The fraction of sp³-hybridized carbons (Fsp3) is 0.909. The van der Waals surface area contributed by atoms with Gasteiger partial charge in [-0.1, -0.05) is 53.4 Å². The van der Waals surface area contributed by atoms with E-state index in [1.165, 1.54) is 0 Å². The zero-order valence-corrected chi connectivity index (χ0v) is 18.5. The minimum Gasteiger partial charge on any atom is -0.457 e. The van der Waals surface area contributed by atoms with Crippen LogP contribution in [0.15, 0.2) is 0 Å². The average Bonchev–Trinajstić information content (AvgIpc) is 3.00. The minimum absolute atomic E-state index is 0.0294. The maximum atomic E-state index is 12.1. The van der Waals surface area contributed by atoms with E-state index < -0.39 is 43.0 Å². The van der Waals surface area contributed by atoms with Crippen molar-refractivity contribution >= 4 is 11.9 Å². The summed E-state index contributed by atoms with van der Waals surface area (Å²) in [5, 5.41) is 19.8. The second-order valence-corrected chi connectivity index (χ2v) is 8.81. The van der Waals surface area contributed by atoms with E-state index in [1.54, 1.807) is 0 Å². The van der Waals surface area contributed by atoms with Gasteiger partial charge < -0.3 is 24.4 Å². The van der Waals surface area contributed by atoms with Crippen LogP contribution >= 0.6 is 0 Å². The summed E-state index contributed by atoms with van der Waals surface area (Å²) in [5.41, 5.74) is 0. The van der Waals surface area contributed by atoms with Crippen LogP contribution in [-0.4, -0.2) is 59.8 Å². The zero-order valence-electron chi connectivity index (χ0n) is 18.5. The third-order valence-electron chi connectivity index (χ3n) is 5.08. The Kier molecular flexibility index (Phi) is 12.4. The maximum Gasteiger partial charge on any atom is 0.306 e. The van der Waals surface area contributed by atoms with Crippen molar-refractivity contribution in [2.24, 2.45) is 11.8 Å². The first-order valence-corrected chi connectivity index (χ1v) is 11.0. The van der Waals surface area contributed by atoms with E-state index in [-0.39, 0.29) is 19.4 Å². The van der Waals surface area contributed by atoms with Gasteiger partial charge in [0.2, 0.25) is 0 Å². The fourth-order valence-corrected chi connectivity index (χ4v) is 3.37. The van der Waals surface area contributed by atoms with Gasteiger partial charge in [0.1, 0.15) is 12.2 Å². The molecule has 0 spiro atoms. The number of hydrogen-bond acceptors (Lipinski definition) is 7. The predicted octanol–water partition coefficient (Wildman–Crippen LogP) is 2.99. The summed E-state index contributed by atoms with van der Waals surface area (Å²) in [6, 6.07) is 0. The standard InChI is InChI=1S/C22H40O7/c1-15(2)9-5-7-11-19(25)28-18(13-23)22-21(17(24)14-27-22)29-20(26)12-8-6-10-16(3)4/h15-18,21-24H,5-14H2,1-4H3/t17-,18+,21+,22+/m0/s1. The number of carbonyl (C=O) groups excluding carboxylic acids is 2. The van der Waals surface area contributed by atoms with Crippen LogP contribution in [0, 0.1) is 11.8 Å². The lowest BCUT2D eigenvalue weighted by atomic mass is 10.0. The van der Waals surface area contributed by atoms with E-state index in [1.807, 2.05) is 0 Å². The van der Waals surface area contributed by atoms with Crippen LogP contribution in [0.4, 0.5) is 0 Å². The van der Waals surface area contributed by atoms with Crippen molar-refractivity contribution < 1.29 is 34.0 Å². The quantitative estimate of drug-likeness (QED) is 0.331. The first kappa shape index (κ1) is 25.9. The van der Waals surface area contributed by atoms with Crippen molar-refractivity contribution in [2.45, 2.75) is 103 Å². The molecule has 4 atom stereocenters. The van der Waals surface area contributed by atoms with Crippen LogP contribution < -0.4 is 0 Å². The number of aliphatic hydroxyl groups excluding tert-OH is 2. The van der Waals surface area contributed by atoms with Crippen LogP contribution in [0.3, 0.4) is 0 Å². The smallest absolute Gasteiger partial charge is 0.306 e. The van der Waals surface area contributed by atoms with Crippen LogP contribution in [-0.2, 0) is 23.8 Å². The lowest BCUT2D eigenvalue weighted by Crippen LogP contribution is -2.45. The van der Waals surface area contributed by atoms with Crippen molar-refractivity contribution in [3.05, 3.63) is 0 Å². The molecule has 0 aliphatic carbocycles. The first-order chi connectivity index (χ1) is 13.7. The number of unbranched alkanes of at least 4 members (excludes halogenated alkanes) is 2. The molecule has 0 aromatic carbocycles. The van der Waals surface area contributed by atoms with E-state index in [0.717, 1.165) is 38.5 Å². The second-order valence-electron chi connectivity index (χ2n) is 8.81. The van der Waals surface area contributed by atoms with Crippen molar-refractivity contribution in [1.82, 2.24) is 0 Å². The molecule has 2 N–H and O–H groups in total. The summed E-state index contributed by atoms with van der Waals surface area (Å²) < 4.78 is 16.3. The molecule has 1 fully saturated rings. The lowest BCUT2D eigenvalue weighted by molar-refractivity contribution is -0.171. The lowest BCUT2D eigenvalue weighted by Gasteiger charge is -2.27. The number of carbonyl (C=O) groups is 2. The van der Waals surface area contributed by atoms with Crippen molar-refractivity contribution in [2.75, 3.05) is 13.2 Å². The summed E-state index contributed by atoms with van der Waals surface area (Å²) in [7, 11) is 0. The Labute approximate surface area is 175 Å². The van der Waals surface area contributed by atoms with E-state index in [9.17, 15) is 19.8 Å². The van der Waals surface area contributed by atoms with Crippen LogP contribution in [0.25, 0.3) is 0 Å². The molecule has 29 heavy (non-hydrogen) atoms. The summed E-state index contributed by atoms with van der Waals surface area (Å²) in [6.45, 7) is 8.05. The molecular formula is C22H40O7. The molecular weight excluding hydrogens is 376 g/mol. The molecule has 0 amide bonds. The Morgan fingerprint density at radius 1 is 0.966 bits per heavy atom. The number of esters is 2. The van der Waals surface area contributed by atoms with Crippen LogP contribution in [0.5, 0.6) is 0 Å². The highest BCUT2D eigenvalue weighted by Gasteiger charge is 2.45. The third kappa shape index (κ3) is 10.4. The SMILES string of the molecule is CC(C)CCCCC(=O)O[C@H]1[C@@H]([C@@H](CO)OC(=O)CCCCC(C)C)OC[C@@H]1O. The van der Waals surface area contributed by atoms with E-state index in [2.05, 4.69) is 27.7 Å². The summed E-state index contributed by atoms with van der Waals surface area (Å²) in [4.78, 5) is 24.2. The Hall–Kier alpha value is -1.18. The molecule has 0 radical (unpaired) electrons. The van der Waals surface area contributed by atoms with Crippen molar-refractivity contribution in [3.8, 4) is 0 Å². The van der Waals surface area contributed by atoms with Gasteiger partial charge in [-0.2, -0.15) is 0 Å². The molecule has 1 saturated heterocycles. The monoisotopic (exact) mass is 416 g/mol. The molecule has 170 valence electrons. The van der Waals surface area contributed by atoms with Crippen LogP contribution in [0.1, 0.15) is 79.1 Å². The van der Waals surface area contributed by atoms with E-state index in [4.69, 9.17) is 14.2 Å². The van der Waals surface area contributed by atoms with Gasteiger partial charge >= 0.3 is 11.9 Å². The number of hydrogen-bond donors (Lipinski definition) is 2. The molecule has 0 unspecified atom stereocenters. The average molecular weight is 417 g/mol. The Balaban J connectivity index is 2.48. The van der Waals surface area contributed by atoms with Crippen molar-refractivity contribution in [1.29, 1.82) is 0 Å². The molecule has 0 saturated carbocycles. The molecule has 7 nitrogen and oxygen atoms in total. The normalized spacial score (nSPS) is 22.8. The van der Waals surface area contributed by atoms with Gasteiger partial charge in [0.05, 0.1) is 13.2 Å². The summed E-state index contributed by atoms with van der Waals surface area (Å²) in [6.07, 6.45) is 2.16. The fourth-order valence-electron chi connectivity index (χ4n) is 3.37. The van der Waals surface area contributed by atoms with Gasteiger partial charge in [-0.05, 0) is 24.7 Å². The van der Waals surface area contributed by atoms with E-state index >= 15 is 0 Å². The maximum absolute atomic E-state index is 12.1. The van der Waals surface area contributed by atoms with Gasteiger partial charge in [-0.25, -0.2) is 0 Å². The number of ether oxygens (including phenoxy) is 3. The molecule has 7 heteroatoms. The largest absolute Gasteiger partial charge is 0.457 e. The first-order valence-electron chi connectivity index (χ1n) is 11.0. The van der Waals surface area contributed by atoms with Gasteiger partial charge in [-0.15, -0.1) is 0 Å². The van der Waals surface area contributed by atoms with E-state index in [0.29, 0.717) is 11.8 Å². The Morgan fingerprint density at radius 3 is 2.03 bits per heavy atom. The van der Waals surface area contributed by atoms with Gasteiger partial charge in [0, 0.05) is 12.8 Å². The molecule has 1 aliphatic rings. The highest BCUT2D eigenvalue weighted by atomic mass is 16.6. The summed E-state index contributed by atoms with van der Waals surface area (Å²) in [5.74, 6) is 0.345. The Morgan fingerprint density at radius 2 is 1.52 bits per heavy atom.